The smallest absolute Gasteiger partial charge is 0.258 e. The zero-order chi connectivity index (χ0) is 19.7. The standard InChI is InChI=1S/C18H12F2N4O2S2/c1-9-21-16(24-26-9)8-27-14-5-3-2-4-10(14)17(25)23-18-22-13-6-11(19)12(20)7-15(13)28-18/h2-7H,8H2,1H3,(H,22,23,25). The molecule has 10 heteroatoms. The molecule has 0 aliphatic carbocycles. The van der Waals surface area contributed by atoms with Gasteiger partial charge in [0.15, 0.2) is 22.6 Å². The fraction of sp³-hybridized carbons (Fsp3) is 0.111. The molecule has 6 nitrogen and oxygen atoms in total. The first-order valence-corrected chi connectivity index (χ1v) is 9.88. The summed E-state index contributed by atoms with van der Waals surface area (Å²) < 4.78 is 32.1. The molecule has 0 spiro atoms. The molecule has 142 valence electrons. The van der Waals surface area contributed by atoms with Gasteiger partial charge in [-0.3, -0.25) is 10.1 Å². The molecule has 0 saturated heterocycles. The molecule has 0 unspecified atom stereocenters. The Bertz CT molecular complexity index is 1140. The van der Waals surface area contributed by atoms with E-state index in [-0.39, 0.29) is 16.6 Å². The molecule has 0 bridgehead atoms. The largest absolute Gasteiger partial charge is 0.340 e. The van der Waals surface area contributed by atoms with E-state index in [1.54, 1.807) is 19.1 Å². The summed E-state index contributed by atoms with van der Waals surface area (Å²) in [6.07, 6.45) is 0. The monoisotopic (exact) mass is 418 g/mol. The maximum Gasteiger partial charge on any atom is 0.258 e. The van der Waals surface area contributed by atoms with Crippen molar-refractivity contribution in [2.45, 2.75) is 17.6 Å². The number of carbonyl (C=O) groups is 1. The van der Waals surface area contributed by atoms with Crippen LogP contribution in [0.2, 0.25) is 0 Å². The van der Waals surface area contributed by atoms with Crippen molar-refractivity contribution < 1.29 is 18.1 Å². The number of nitrogens with zero attached hydrogens (tertiary/aromatic N) is 3. The van der Waals surface area contributed by atoms with E-state index in [1.165, 1.54) is 11.8 Å². The number of rotatable bonds is 5. The Kier molecular flexibility index (Phi) is 5.05. The van der Waals surface area contributed by atoms with Crippen molar-refractivity contribution in [3.63, 3.8) is 0 Å². The maximum absolute atomic E-state index is 13.4. The van der Waals surface area contributed by atoms with Crippen LogP contribution in [0.1, 0.15) is 22.1 Å². The number of fused-ring (bicyclic) bond motifs is 1. The van der Waals surface area contributed by atoms with Crippen LogP contribution in [-0.2, 0) is 5.75 Å². The molecule has 2 aromatic carbocycles. The van der Waals surface area contributed by atoms with Gasteiger partial charge in [-0.05, 0) is 18.2 Å². The highest BCUT2D eigenvalue weighted by Crippen LogP contribution is 2.30. The molecule has 28 heavy (non-hydrogen) atoms. The van der Waals surface area contributed by atoms with E-state index in [9.17, 15) is 13.6 Å². The molecule has 4 aromatic rings. The Hall–Kier alpha value is -2.85. The number of anilines is 1. The van der Waals surface area contributed by atoms with E-state index in [1.807, 2.05) is 12.1 Å². The highest BCUT2D eigenvalue weighted by atomic mass is 32.2. The van der Waals surface area contributed by atoms with E-state index in [2.05, 4.69) is 20.4 Å². The van der Waals surface area contributed by atoms with Gasteiger partial charge in [-0.1, -0.05) is 28.6 Å². The van der Waals surface area contributed by atoms with Gasteiger partial charge in [-0.2, -0.15) is 4.98 Å². The van der Waals surface area contributed by atoms with Crippen molar-refractivity contribution in [2.75, 3.05) is 5.32 Å². The first kappa shape index (κ1) is 18.5. The lowest BCUT2D eigenvalue weighted by Gasteiger charge is -2.07. The summed E-state index contributed by atoms with van der Waals surface area (Å²) in [6, 6.07) is 9.15. The molecule has 0 aliphatic rings. The van der Waals surface area contributed by atoms with Crippen molar-refractivity contribution in [1.82, 2.24) is 15.1 Å². The molecule has 0 fully saturated rings. The van der Waals surface area contributed by atoms with E-state index in [4.69, 9.17) is 4.52 Å². The number of aryl methyl sites for hydroxylation is 1. The molecule has 4 rings (SSSR count). The van der Waals surface area contributed by atoms with Crippen LogP contribution in [-0.4, -0.2) is 21.0 Å². The minimum Gasteiger partial charge on any atom is -0.340 e. The third kappa shape index (κ3) is 3.87. The van der Waals surface area contributed by atoms with Gasteiger partial charge >= 0.3 is 0 Å². The van der Waals surface area contributed by atoms with Gasteiger partial charge in [0, 0.05) is 17.9 Å². The highest BCUT2D eigenvalue weighted by molar-refractivity contribution is 7.98. The van der Waals surface area contributed by atoms with Crippen LogP contribution in [0.5, 0.6) is 0 Å². The second-order valence-electron chi connectivity index (χ2n) is 5.72. The first-order chi connectivity index (χ1) is 13.5. The molecule has 0 radical (unpaired) electrons. The number of nitrogens with one attached hydrogen (secondary N) is 1. The van der Waals surface area contributed by atoms with Crippen LogP contribution in [0, 0.1) is 18.6 Å². The van der Waals surface area contributed by atoms with E-state index >= 15 is 0 Å². The zero-order valence-corrected chi connectivity index (χ0v) is 16.0. The number of thioether (sulfide) groups is 1. The second kappa shape index (κ2) is 7.64. The highest BCUT2D eigenvalue weighted by Gasteiger charge is 2.16. The fourth-order valence-electron chi connectivity index (χ4n) is 2.46. The molecule has 0 saturated carbocycles. The van der Waals surface area contributed by atoms with Gasteiger partial charge in [-0.15, -0.1) is 11.8 Å². The lowest BCUT2D eigenvalue weighted by Crippen LogP contribution is -2.12. The van der Waals surface area contributed by atoms with Crippen LogP contribution in [0.4, 0.5) is 13.9 Å². The Balaban J connectivity index is 1.53. The van der Waals surface area contributed by atoms with E-state index in [0.29, 0.717) is 27.7 Å². The molecular weight excluding hydrogens is 406 g/mol. The number of aromatic nitrogens is 3. The van der Waals surface area contributed by atoms with Gasteiger partial charge in [-0.25, -0.2) is 13.8 Å². The molecule has 2 heterocycles. The van der Waals surface area contributed by atoms with Gasteiger partial charge in [0.05, 0.1) is 21.5 Å². The van der Waals surface area contributed by atoms with Crippen LogP contribution in [0.25, 0.3) is 10.2 Å². The summed E-state index contributed by atoms with van der Waals surface area (Å²) in [6.45, 7) is 1.71. The lowest BCUT2D eigenvalue weighted by atomic mass is 10.2. The second-order valence-corrected chi connectivity index (χ2v) is 7.77. The summed E-state index contributed by atoms with van der Waals surface area (Å²) in [7, 11) is 0. The third-order valence-electron chi connectivity index (χ3n) is 3.71. The van der Waals surface area contributed by atoms with E-state index in [0.717, 1.165) is 28.4 Å². The fourth-order valence-corrected chi connectivity index (χ4v) is 4.22. The zero-order valence-electron chi connectivity index (χ0n) is 14.4. The number of amides is 1. The SMILES string of the molecule is Cc1nc(CSc2ccccc2C(=O)Nc2nc3cc(F)c(F)cc3s2)no1. The van der Waals surface area contributed by atoms with Crippen molar-refractivity contribution in [1.29, 1.82) is 0 Å². The summed E-state index contributed by atoms with van der Waals surface area (Å²) in [5, 5.41) is 6.79. The molecule has 1 amide bonds. The number of carbonyl (C=O) groups excluding carboxylic acids is 1. The first-order valence-electron chi connectivity index (χ1n) is 8.07. The number of benzene rings is 2. The van der Waals surface area contributed by atoms with Gasteiger partial charge < -0.3 is 4.52 Å². The number of halogens is 2. The Morgan fingerprint density at radius 3 is 2.79 bits per heavy atom. The molecule has 0 atom stereocenters. The predicted molar refractivity (Wildman–Crippen MR) is 103 cm³/mol. The van der Waals surface area contributed by atoms with Crippen LogP contribution >= 0.6 is 23.1 Å². The van der Waals surface area contributed by atoms with Crippen molar-refractivity contribution in [3.05, 3.63) is 65.3 Å². The number of hydrogen-bond acceptors (Lipinski definition) is 7. The summed E-state index contributed by atoms with van der Waals surface area (Å²) in [4.78, 5) is 21.7. The van der Waals surface area contributed by atoms with Crippen molar-refractivity contribution in [3.8, 4) is 0 Å². The van der Waals surface area contributed by atoms with Crippen LogP contribution in [0.3, 0.4) is 0 Å². The quantitative estimate of drug-likeness (QED) is 0.469. The molecule has 0 aliphatic heterocycles. The average Bonchev–Trinajstić information content (AvgIpc) is 3.26. The van der Waals surface area contributed by atoms with Crippen molar-refractivity contribution in [2.24, 2.45) is 0 Å². The van der Waals surface area contributed by atoms with Crippen LogP contribution in [0.15, 0.2) is 45.8 Å². The maximum atomic E-state index is 13.4. The van der Waals surface area contributed by atoms with Gasteiger partial charge in [0.2, 0.25) is 5.89 Å². The van der Waals surface area contributed by atoms with Gasteiger partial charge in [0.1, 0.15) is 0 Å². The average molecular weight is 418 g/mol. The summed E-state index contributed by atoms with van der Waals surface area (Å²) >= 11 is 2.47. The summed E-state index contributed by atoms with van der Waals surface area (Å²) in [5.74, 6) is -0.839. The molecular formula is C18H12F2N4O2S2. The molecule has 2 aromatic heterocycles. The lowest BCUT2D eigenvalue weighted by molar-refractivity contribution is 0.102. The topological polar surface area (TPSA) is 80.9 Å². The summed E-state index contributed by atoms with van der Waals surface area (Å²) in [5.41, 5.74) is 0.735. The Morgan fingerprint density at radius 2 is 2.00 bits per heavy atom. The molecule has 1 N–H and O–H groups in total. The van der Waals surface area contributed by atoms with E-state index < -0.39 is 11.6 Å². The Labute approximate surface area is 166 Å². The van der Waals surface area contributed by atoms with Gasteiger partial charge in [0.25, 0.3) is 5.91 Å². The number of hydrogen-bond donors (Lipinski definition) is 1. The van der Waals surface area contributed by atoms with Crippen molar-refractivity contribution >= 4 is 44.4 Å². The predicted octanol–water partition coefficient (Wildman–Crippen LogP) is 4.81. The number of thiazole rings is 1. The Morgan fingerprint density at radius 1 is 1.21 bits per heavy atom. The minimum atomic E-state index is -0.978. The third-order valence-corrected chi connectivity index (χ3v) is 5.71. The van der Waals surface area contributed by atoms with Crippen LogP contribution < -0.4 is 5.32 Å². The minimum absolute atomic E-state index is 0.263. The normalized spacial score (nSPS) is 11.1.